The molecular formula is C25H17F6N3O2. The second-order valence-electron chi connectivity index (χ2n) is 8.45. The lowest BCUT2D eigenvalue weighted by Gasteiger charge is -2.24. The summed E-state index contributed by atoms with van der Waals surface area (Å²) in [4.78, 5) is 18.3. The minimum atomic E-state index is -4.97. The van der Waals surface area contributed by atoms with Crippen molar-refractivity contribution in [3.63, 3.8) is 0 Å². The van der Waals surface area contributed by atoms with E-state index in [9.17, 15) is 36.2 Å². The predicted molar refractivity (Wildman–Crippen MR) is 115 cm³/mol. The summed E-state index contributed by atoms with van der Waals surface area (Å²) in [6.07, 6.45) is -7.00. The first-order chi connectivity index (χ1) is 16.8. The maximum atomic E-state index is 13.2. The fraction of sp³-hybridized carbons (Fsp3) is 0.240. The number of pyridine rings is 1. The van der Waals surface area contributed by atoms with Gasteiger partial charge in [0.25, 0.3) is 5.91 Å². The maximum absolute atomic E-state index is 13.2. The van der Waals surface area contributed by atoms with E-state index in [-0.39, 0.29) is 47.8 Å². The lowest BCUT2D eigenvalue weighted by atomic mass is 9.94. The van der Waals surface area contributed by atoms with Crippen molar-refractivity contribution in [2.45, 2.75) is 24.4 Å². The van der Waals surface area contributed by atoms with Gasteiger partial charge in [-0.2, -0.15) is 31.6 Å². The Balaban J connectivity index is 1.57. The highest BCUT2D eigenvalue weighted by Crippen LogP contribution is 2.39. The van der Waals surface area contributed by atoms with Crippen molar-refractivity contribution in [1.82, 2.24) is 9.88 Å². The summed E-state index contributed by atoms with van der Waals surface area (Å²) in [6, 6.07) is 9.86. The second kappa shape index (κ2) is 8.95. The molecule has 4 rings (SSSR count). The topological polar surface area (TPSA) is 77.2 Å². The van der Waals surface area contributed by atoms with Gasteiger partial charge in [0.2, 0.25) is 0 Å². The Labute approximate surface area is 201 Å². The molecule has 0 bridgehead atoms. The molecule has 1 aromatic heterocycles. The molecule has 1 saturated heterocycles. The lowest BCUT2D eigenvalue weighted by Crippen LogP contribution is -2.34. The Hall–Kier alpha value is -3.91. The number of aromatic nitrogens is 1. The predicted octanol–water partition coefficient (Wildman–Crippen LogP) is 5.39. The van der Waals surface area contributed by atoms with E-state index in [1.807, 2.05) is 6.07 Å². The average Bonchev–Trinajstić information content (AvgIpc) is 3.25. The summed E-state index contributed by atoms with van der Waals surface area (Å²) in [5, 5.41) is 20.0. The van der Waals surface area contributed by atoms with Crippen LogP contribution in [-0.2, 0) is 18.0 Å². The molecule has 1 amide bonds. The first-order valence-corrected chi connectivity index (χ1v) is 10.6. The van der Waals surface area contributed by atoms with E-state index in [0.29, 0.717) is 17.7 Å². The van der Waals surface area contributed by atoms with E-state index in [0.717, 1.165) is 0 Å². The molecule has 11 heteroatoms. The minimum absolute atomic E-state index is 0.0533. The van der Waals surface area contributed by atoms with Crippen LogP contribution < -0.4 is 0 Å². The van der Waals surface area contributed by atoms with E-state index in [1.54, 1.807) is 0 Å². The van der Waals surface area contributed by atoms with Gasteiger partial charge in [-0.15, -0.1) is 0 Å². The van der Waals surface area contributed by atoms with Gasteiger partial charge in [0.1, 0.15) is 11.7 Å². The number of nitriles is 1. The minimum Gasteiger partial charge on any atom is -0.383 e. The van der Waals surface area contributed by atoms with Gasteiger partial charge >= 0.3 is 12.4 Å². The largest absolute Gasteiger partial charge is 0.416 e. The molecule has 5 nitrogen and oxygen atoms in total. The Bertz CT molecular complexity index is 1310. The highest BCUT2D eigenvalue weighted by Gasteiger charge is 2.40. The number of carbonyl (C=O) groups excluding carboxylic acids is 1. The smallest absolute Gasteiger partial charge is 0.383 e. The summed E-state index contributed by atoms with van der Waals surface area (Å²) >= 11 is 0. The molecule has 1 unspecified atom stereocenters. The van der Waals surface area contributed by atoms with Crippen molar-refractivity contribution in [2.75, 3.05) is 13.1 Å². The second-order valence-corrected chi connectivity index (χ2v) is 8.45. The molecule has 36 heavy (non-hydrogen) atoms. The molecule has 3 aromatic rings. The molecule has 186 valence electrons. The molecule has 1 aliphatic heterocycles. The van der Waals surface area contributed by atoms with E-state index in [1.165, 1.54) is 47.6 Å². The first-order valence-electron chi connectivity index (χ1n) is 10.6. The number of alkyl halides is 6. The quantitative estimate of drug-likeness (QED) is 0.485. The summed E-state index contributed by atoms with van der Waals surface area (Å²) in [5.41, 5.74) is -3.71. The number of aliphatic hydroxyl groups is 1. The number of likely N-dealkylation sites (tertiary alicyclic amines) is 1. The van der Waals surface area contributed by atoms with Crippen molar-refractivity contribution in [2.24, 2.45) is 0 Å². The number of carbonyl (C=O) groups is 1. The van der Waals surface area contributed by atoms with Crippen LogP contribution in [0.3, 0.4) is 0 Å². The van der Waals surface area contributed by atoms with E-state index in [4.69, 9.17) is 5.26 Å². The summed E-state index contributed by atoms with van der Waals surface area (Å²) in [5.74, 6) is -0.470. The SMILES string of the molecule is N#Cc1cncc(C2(O)CCN(C(=O)c3ccc(-c4cc(C(F)(F)F)cc(C(F)(F)F)c4)cc3)C2)c1. The molecular weight excluding hydrogens is 488 g/mol. The van der Waals surface area contributed by atoms with Crippen LogP contribution in [0.15, 0.2) is 60.9 Å². The third-order valence-electron chi connectivity index (χ3n) is 5.99. The molecule has 0 aliphatic carbocycles. The molecule has 1 N–H and O–H groups in total. The van der Waals surface area contributed by atoms with Crippen LogP contribution in [0.25, 0.3) is 11.1 Å². The van der Waals surface area contributed by atoms with Crippen LogP contribution in [0.4, 0.5) is 26.3 Å². The zero-order chi connectivity index (χ0) is 26.3. The molecule has 2 heterocycles. The van der Waals surface area contributed by atoms with Crippen LogP contribution in [0.2, 0.25) is 0 Å². The monoisotopic (exact) mass is 505 g/mol. The van der Waals surface area contributed by atoms with E-state index in [2.05, 4.69) is 4.98 Å². The third-order valence-corrected chi connectivity index (χ3v) is 5.99. The van der Waals surface area contributed by atoms with Gasteiger partial charge in [0, 0.05) is 30.1 Å². The highest BCUT2D eigenvalue weighted by molar-refractivity contribution is 5.95. The fourth-order valence-corrected chi connectivity index (χ4v) is 4.07. The zero-order valence-corrected chi connectivity index (χ0v) is 18.4. The van der Waals surface area contributed by atoms with Gasteiger partial charge in [0.15, 0.2) is 0 Å². The molecule has 1 aliphatic rings. The number of halogens is 6. The van der Waals surface area contributed by atoms with Gasteiger partial charge in [0.05, 0.1) is 23.2 Å². The van der Waals surface area contributed by atoms with Crippen LogP contribution in [0.1, 0.15) is 39.0 Å². The summed E-state index contributed by atoms with van der Waals surface area (Å²) in [7, 11) is 0. The molecule has 0 radical (unpaired) electrons. The fourth-order valence-electron chi connectivity index (χ4n) is 4.07. The van der Waals surface area contributed by atoms with Crippen molar-refractivity contribution in [3.8, 4) is 17.2 Å². The van der Waals surface area contributed by atoms with Crippen LogP contribution in [0, 0.1) is 11.3 Å². The number of nitrogens with zero attached hydrogens (tertiary/aromatic N) is 3. The van der Waals surface area contributed by atoms with Crippen LogP contribution in [0.5, 0.6) is 0 Å². The standard InChI is InChI=1S/C25H17F6N3O2/c26-24(27,28)19-8-18(9-20(10-19)25(29,30)31)16-1-3-17(4-2-16)22(35)34-6-5-23(36,14-34)21-7-15(11-32)12-33-13-21/h1-4,7-10,12-13,36H,5-6,14H2. The van der Waals surface area contributed by atoms with Gasteiger partial charge in [-0.05, 0) is 53.9 Å². The van der Waals surface area contributed by atoms with Crippen LogP contribution >= 0.6 is 0 Å². The number of hydrogen-bond donors (Lipinski definition) is 1. The number of benzene rings is 2. The Morgan fingerprint density at radius 1 is 0.944 bits per heavy atom. The molecule has 1 fully saturated rings. The highest BCUT2D eigenvalue weighted by atomic mass is 19.4. The number of rotatable bonds is 3. The third kappa shape index (κ3) is 5.04. The summed E-state index contributed by atoms with van der Waals surface area (Å²) < 4.78 is 79.0. The van der Waals surface area contributed by atoms with Crippen molar-refractivity contribution < 1.29 is 36.2 Å². The zero-order valence-electron chi connectivity index (χ0n) is 18.4. The van der Waals surface area contributed by atoms with Crippen LogP contribution in [-0.4, -0.2) is 34.0 Å². The normalized spacial score (nSPS) is 18.2. The lowest BCUT2D eigenvalue weighted by molar-refractivity contribution is -0.143. The average molecular weight is 505 g/mol. The van der Waals surface area contributed by atoms with Crippen molar-refractivity contribution in [3.05, 3.63) is 88.7 Å². The van der Waals surface area contributed by atoms with Crippen molar-refractivity contribution in [1.29, 1.82) is 5.26 Å². The van der Waals surface area contributed by atoms with Gasteiger partial charge in [-0.1, -0.05) is 12.1 Å². The number of β-amino-alcohol motifs (C(OH)–C–C–N with tert-alkyl or cyclic N) is 1. The maximum Gasteiger partial charge on any atom is 0.416 e. The van der Waals surface area contributed by atoms with Crippen molar-refractivity contribution >= 4 is 5.91 Å². The number of amides is 1. The Morgan fingerprint density at radius 2 is 1.56 bits per heavy atom. The molecule has 0 spiro atoms. The number of hydrogen-bond acceptors (Lipinski definition) is 4. The molecule has 2 aromatic carbocycles. The van der Waals surface area contributed by atoms with E-state index >= 15 is 0 Å². The Morgan fingerprint density at radius 3 is 2.11 bits per heavy atom. The summed E-state index contributed by atoms with van der Waals surface area (Å²) in [6.45, 7) is 0.114. The van der Waals surface area contributed by atoms with Gasteiger partial charge in [-0.25, -0.2) is 0 Å². The van der Waals surface area contributed by atoms with Gasteiger partial charge < -0.3 is 10.0 Å². The molecule has 1 atom stereocenters. The van der Waals surface area contributed by atoms with Gasteiger partial charge in [-0.3, -0.25) is 9.78 Å². The Kier molecular flexibility index (Phi) is 6.26. The van der Waals surface area contributed by atoms with E-state index < -0.39 is 35.0 Å². The first kappa shape index (κ1) is 25.2. The molecule has 0 saturated carbocycles.